The maximum Gasteiger partial charge on any atom is 0.222 e. The van der Waals surface area contributed by atoms with Crippen LogP contribution in [0.4, 0.5) is 0 Å². The van der Waals surface area contributed by atoms with Crippen LogP contribution in [0.2, 0.25) is 0 Å². The van der Waals surface area contributed by atoms with E-state index in [-0.39, 0.29) is 133 Å². The van der Waals surface area contributed by atoms with Gasteiger partial charge in [-0.1, -0.05) is 27.7 Å². The molecule has 3 fully saturated rings. The molecule has 3 heterocycles. The lowest BCUT2D eigenvalue weighted by Gasteiger charge is -2.40. The molecule has 0 radical (unpaired) electrons. The average Bonchev–Trinajstić information content (AvgIpc) is 3.38. The van der Waals surface area contributed by atoms with Crippen molar-refractivity contribution in [1.82, 2.24) is 31.9 Å². The molecule has 3 rings (SSSR count). The lowest BCUT2D eigenvalue weighted by molar-refractivity contribution is -0.282. The van der Waals surface area contributed by atoms with Gasteiger partial charge >= 0.3 is 0 Å². The number of unbranched alkanes of at least 4 members (excludes halogenated alkanes) is 3. The van der Waals surface area contributed by atoms with Gasteiger partial charge in [0.1, 0.15) is 36.6 Å². The summed E-state index contributed by atoms with van der Waals surface area (Å²) >= 11 is 0. The minimum Gasteiger partial charge on any atom is -0.394 e. The van der Waals surface area contributed by atoms with Gasteiger partial charge in [0.05, 0.1) is 77.8 Å². The zero-order chi connectivity index (χ0) is 65.6. The van der Waals surface area contributed by atoms with Gasteiger partial charge in [0.15, 0.2) is 18.9 Å². The third-order valence-electron chi connectivity index (χ3n) is 15.6. The van der Waals surface area contributed by atoms with Crippen molar-refractivity contribution in [1.29, 1.82) is 0 Å². The van der Waals surface area contributed by atoms with E-state index in [1.807, 2.05) is 6.92 Å². The van der Waals surface area contributed by atoms with E-state index >= 15 is 0 Å². The predicted molar refractivity (Wildman–Crippen MR) is 317 cm³/mol. The van der Waals surface area contributed by atoms with E-state index in [1.165, 1.54) is 0 Å². The molecule has 0 spiro atoms. The van der Waals surface area contributed by atoms with Gasteiger partial charge in [-0.25, -0.2) is 0 Å². The molecular weight excluding hydrogens is 1180 g/mol. The number of aliphatic hydroxyl groups excluding tert-OH is 9. The van der Waals surface area contributed by atoms with Gasteiger partial charge in [-0.2, -0.15) is 0 Å². The monoisotopic (exact) mass is 1280 g/mol. The largest absolute Gasteiger partial charge is 0.394 e. The minimum absolute atomic E-state index is 0.0595. The summed E-state index contributed by atoms with van der Waals surface area (Å²) in [6, 6.07) is 0. The van der Waals surface area contributed by atoms with Crippen molar-refractivity contribution in [2.24, 2.45) is 23.2 Å². The van der Waals surface area contributed by atoms with Crippen molar-refractivity contribution in [3.8, 4) is 0 Å². The van der Waals surface area contributed by atoms with E-state index in [9.17, 15) is 74.7 Å². The van der Waals surface area contributed by atoms with Gasteiger partial charge in [-0.05, 0) is 57.8 Å². The summed E-state index contributed by atoms with van der Waals surface area (Å²) in [6.07, 6.45) is -6.45. The van der Waals surface area contributed by atoms with Crippen LogP contribution >= 0.6 is 0 Å². The van der Waals surface area contributed by atoms with Gasteiger partial charge < -0.3 is 120 Å². The molecule has 6 amide bonds. The van der Waals surface area contributed by atoms with Crippen LogP contribution in [0.25, 0.3) is 0 Å². The Hall–Kier alpha value is -3.90. The number of rotatable bonds is 48. The first-order valence-corrected chi connectivity index (χ1v) is 31.7. The van der Waals surface area contributed by atoms with Crippen LogP contribution in [0.15, 0.2) is 0 Å². The lowest BCUT2D eigenvalue weighted by Crippen LogP contribution is -2.55. The second-order valence-corrected chi connectivity index (χ2v) is 23.6. The van der Waals surface area contributed by atoms with Crippen LogP contribution in [-0.2, 0) is 71.4 Å². The Balaban J connectivity index is 1.29. The molecular formula is C59H108N6O24. The standard InChI is InChI=1S/C59H108N6O24/c1-38-50(75)53(78)41(32-66)87-56(38)84-26-8-5-14-44(69)60-20-11-23-63-47(72)17-29-81-35-59(4,36-82-30-18-48(73)64-24-12-21-61-45(70)15-6-9-27-85-57-39(2)51(76)54(79)42(33-67)88-57)37-83-31-19-49(74)65-25-13-22-62-46(71)16-7-10-28-86-58-40(3)52(77)55(80)43(34-68)89-58/h38-43,50-58,66-68,75-80H,5-37H2,1-4H3,(H,60,69)(H,61,70)(H,62,71)(H,63,72)(H,64,73)(H,65,74). The molecule has 0 aromatic carbocycles. The Morgan fingerprint density at radius 3 is 0.820 bits per heavy atom. The normalized spacial score (nSPS) is 27.7. The molecule has 0 bridgehead atoms. The molecule has 89 heavy (non-hydrogen) atoms. The quantitative estimate of drug-likeness (QED) is 0.0268. The number of hydrogen-bond donors (Lipinski definition) is 15. The van der Waals surface area contributed by atoms with Crippen LogP contribution in [0.5, 0.6) is 0 Å². The van der Waals surface area contributed by atoms with E-state index in [0.717, 1.165) is 0 Å². The molecule has 3 saturated heterocycles. The molecule has 3 aliphatic rings. The fourth-order valence-electron chi connectivity index (χ4n) is 9.73. The third kappa shape index (κ3) is 31.5. The Kier molecular flexibility index (Phi) is 40.5. The second-order valence-electron chi connectivity index (χ2n) is 23.6. The summed E-state index contributed by atoms with van der Waals surface area (Å²) in [5, 5.41) is 106. The van der Waals surface area contributed by atoms with Gasteiger partial charge in [-0.15, -0.1) is 0 Å². The molecule has 518 valence electrons. The highest BCUT2D eigenvalue weighted by Gasteiger charge is 2.44. The van der Waals surface area contributed by atoms with E-state index in [1.54, 1.807) is 20.8 Å². The Labute approximate surface area is 522 Å². The summed E-state index contributed by atoms with van der Waals surface area (Å²) in [4.78, 5) is 74.9. The Morgan fingerprint density at radius 1 is 0.348 bits per heavy atom. The SMILES string of the molecule is CC1C(OCCCCC(=O)NCCCNC(=O)CCOCC(C)(COCCC(=O)NCCCNC(=O)CCCCOC2OC(CO)C(O)C(O)C2C)COCCC(=O)NCCCNC(=O)CCCCOC2OC(CO)C(O)C(O)C2C)OC(CO)C(O)C1O. The van der Waals surface area contributed by atoms with Crippen LogP contribution in [-0.4, -0.2) is 274 Å². The van der Waals surface area contributed by atoms with Gasteiger partial charge in [0.25, 0.3) is 0 Å². The minimum atomic E-state index is -1.21. The fraction of sp³-hybridized carbons (Fsp3) is 0.898. The number of carbonyl (C=O) groups is 6. The van der Waals surface area contributed by atoms with Crippen molar-refractivity contribution < 1.29 is 117 Å². The van der Waals surface area contributed by atoms with Gasteiger partial charge in [0.2, 0.25) is 35.4 Å². The maximum atomic E-state index is 12.6. The summed E-state index contributed by atoms with van der Waals surface area (Å²) < 4.78 is 51.5. The molecule has 0 saturated carbocycles. The van der Waals surface area contributed by atoms with Crippen molar-refractivity contribution in [2.45, 2.75) is 198 Å². The van der Waals surface area contributed by atoms with E-state index < -0.39 is 117 Å². The highest BCUT2D eigenvalue weighted by molar-refractivity contribution is 5.78. The zero-order valence-electron chi connectivity index (χ0n) is 52.6. The molecule has 30 heteroatoms. The fourth-order valence-corrected chi connectivity index (χ4v) is 9.73. The average molecular weight is 1290 g/mol. The number of amides is 6. The highest BCUT2D eigenvalue weighted by atomic mass is 16.7. The first-order chi connectivity index (χ1) is 42.6. The van der Waals surface area contributed by atoms with Crippen LogP contribution < -0.4 is 31.9 Å². The summed E-state index contributed by atoms with van der Waals surface area (Å²) in [7, 11) is 0. The molecule has 0 aromatic rings. The second kappa shape index (κ2) is 45.4. The summed E-state index contributed by atoms with van der Waals surface area (Å²) in [6.45, 7) is 8.94. The number of aliphatic hydroxyl groups is 9. The lowest BCUT2D eigenvalue weighted by atomic mass is 9.92. The molecule has 15 atom stereocenters. The molecule has 3 aliphatic heterocycles. The number of carbonyl (C=O) groups excluding carboxylic acids is 6. The topological polar surface area (TPSA) is 440 Å². The first kappa shape index (κ1) is 79.3. The molecule has 15 N–H and O–H groups in total. The van der Waals surface area contributed by atoms with Crippen molar-refractivity contribution >= 4 is 35.4 Å². The predicted octanol–water partition coefficient (Wildman–Crippen LogP) is -3.13. The van der Waals surface area contributed by atoms with E-state index in [2.05, 4.69) is 31.9 Å². The molecule has 0 aliphatic carbocycles. The first-order valence-electron chi connectivity index (χ1n) is 31.7. The van der Waals surface area contributed by atoms with E-state index in [0.29, 0.717) is 97.1 Å². The van der Waals surface area contributed by atoms with Crippen LogP contribution in [0, 0.1) is 23.2 Å². The highest BCUT2D eigenvalue weighted by Crippen LogP contribution is 2.29. The van der Waals surface area contributed by atoms with Crippen LogP contribution in [0.3, 0.4) is 0 Å². The van der Waals surface area contributed by atoms with Crippen molar-refractivity contribution in [2.75, 3.05) is 119 Å². The number of ether oxygens (including phenoxy) is 9. The molecule has 15 unspecified atom stereocenters. The van der Waals surface area contributed by atoms with E-state index in [4.69, 9.17) is 42.6 Å². The van der Waals surface area contributed by atoms with Crippen molar-refractivity contribution in [3.63, 3.8) is 0 Å². The number of nitrogens with one attached hydrogen (secondary N) is 6. The Bertz CT molecular complexity index is 1770. The smallest absolute Gasteiger partial charge is 0.222 e. The molecule has 0 aromatic heterocycles. The van der Waals surface area contributed by atoms with Crippen molar-refractivity contribution in [3.05, 3.63) is 0 Å². The third-order valence-corrected chi connectivity index (χ3v) is 15.6. The van der Waals surface area contributed by atoms with Gasteiger partial charge in [0, 0.05) is 121 Å². The maximum absolute atomic E-state index is 12.6. The van der Waals surface area contributed by atoms with Gasteiger partial charge in [-0.3, -0.25) is 28.8 Å². The summed E-state index contributed by atoms with van der Waals surface area (Å²) in [5.41, 5.74) is -0.744. The zero-order valence-corrected chi connectivity index (χ0v) is 52.6. The summed E-state index contributed by atoms with van der Waals surface area (Å²) in [5.74, 6) is -2.71. The Morgan fingerprint density at radius 2 is 0.584 bits per heavy atom. The number of hydrogen-bond acceptors (Lipinski definition) is 24. The molecule has 30 nitrogen and oxygen atoms in total. The van der Waals surface area contributed by atoms with Crippen LogP contribution in [0.1, 0.15) is 124 Å².